The molecule has 3 N–H and O–H groups in total. The van der Waals surface area contributed by atoms with Gasteiger partial charge in [0.1, 0.15) is 0 Å². The first-order chi connectivity index (χ1) is 20.7. The molecule has 5 aromatic rings. The third-order valence-corrected chi connectivity index (χ3v) is 9.60. The summed E-state index contributed by atoms with van der Waals surface area (Å²) in [5, 5.41) is 22.7. The molecule has 0 radical (unpaired) electrons. The highest BCUT2D eigenvalue weighted by Gasteiger charge is 2.29. The monoisotopic (exact) mass is 631 g/mol. The molecule has 0 amide bonds. The molecular formula is C31H26FN5O3S3. The third kappa shape index (κ3) is 6.41. The number of aryl methyl sites for hydroxylation is 2. The largest absolute Gasteiger partial charge is 0.593 e. The van der Waals surface area contributed by atoms with Crippen LogP contribution < -0.4 is 5.14 Å². The summed E-state index contributed by atoms with van der Waals surface area (Å²) in [7, 11) is 0. The van der Waals surface area contributed by atoms with Crippen molar-refractivity contribution in [3.8, 4) is 28.2 Å². The number of rotatable bonds is 8. The second kappa shape index (κ2) is 12.0. The van der Waals surface area contributed by atoms with Gasteiger partial charge < -0.3 is 9.66 Å². The van der Waals surface area contributed by atoms with E-state index in [1.54, 1.807) is 16.9 Å². The van der Waals surface area contributed by atoms with Gasteiger partial charge in [0.05, 0.1) is 22.7 Å². The van der Waals surface area contributed by atoms with Gasteiger partial charge in [-0.1, -0.05) is 24.1 Å². The highest BCUT2D eigenvalue weighted by atomic mass is 32.2. The number of hydrogen-bond donors (Lipinski definition) is 2. The molecule has 1 aliphatic rings. The highest BCUT2D eigenvalue weighted by Crippen LogP contribution is 2.38. The predicted molar refractivity (Wildman–Crippen MR) is 165 cm³/mol. The van der Waals surface area contributed by atoms with Crippen molar-refractivity contribution in [2.24, 2.45) is 11.1 Å². The Bertz CT molecular complexity index is 1910. The fourth-order valence-electron chi connectivity index (χ4n) is 4.78. The first-order valence-corrected chi connectivity index (χ1v) is 16.4. The molecule has 0 saturated heterocycles. The van der Waals surface area contributed by atoms with E-state index < -0.39 is 23.1 Å². The molecule has 8 nitrogen and oxygen atoms in total. The SMILES string of the molecule is Cc1cnc(C#Cc2cc(-c3nn(-c4nc(C(=O)O)cs4)c(CC4CC4)c3Cc3ccc([S+](N)[O-])c(F)c3)ccc2C)s1. The van der Waals surface area contributed by atoms with Gasteiger partial charge in [0, 0.05) is 39.6 Å². The molecule has 1 aliphatic carbocycles. The summed E-state index contributed by atoms with van der Waals surface area (Å²) in [4.78, 5) is 21.4. The Hall–Kier alpha value is -3.86. The quantitative estimate of drug-likeness (QED) is 0.163. The second-order valence-electron chi connectivity index (χ2n) is 10.4. The minimum absolute atomic E-state index is 0.0475. The van der Waals surface area contributed by atoms with Crippen molar-refractivity contribution >= 4 is 40.0 Å². The van der Waals surface area contributed by atoms with Gasteiger partial charge in [-0.3, -0.25) is 0 Å². The molecule has 1 atom stereocenters. The van der Waals surface area contributed by atoms with E-state index in [2.05, 4.69) is 21.8 Å². The Kier molecular flexibility index (Phi) is 8.17. The average Bonchev–Trinajstić information content (AvgIpc) is 3.32. The number of aromatic carboxylic acids is 1. The third-order valence-electron chi connectivity index (χ3n) is 7.19. The molecule has 1 saturated carbocycles. The van der Waals surface area contributed by atoms with Crippen molar-refractivity contribution < 1.29 is 18.8 Å². The lowest BCUT2D eigenvalue weighted by molar-refractivity contribution is 0.0691. The topological polar surface area (TPSA) is 130 Å². The van der Waals surface area contributed by atoms with Crippen LogP contribution in [0.1, 0.15) is 61.2 Å². The fraction of sp³-hybridized carbons (Fsp3) is 0.226. The molecule has 6 rings (SSSR count). The van der Waals surface area contributed by atoms with Crippen LogP contribution in [0.25, 0.3) is 16.4 Å². The molecule has 0 aliphatic heterocycles. The van der Waals surface area contributed by atoms with Crippen LogP contribution >= 0.6 is 22.7 Å². The number of aromatic nitrogens is 4. The molecule has 1 unspecified atom stereocenters. The minimum Gasteiger partial charge on any atom is -0.593 e. The number of hydrogen-bond acceptors (Lipinski definition) is 8. The molecule has 2 aromatic carbocycles. The van der Waals surface area contributed by atoms with Gasteiger partial charge in [-0.05, 0) is 74.3 Å². The van der Waals surface area contributed by atoms with Crippen LogP contribution in [0.2, 0.25) is 0 Å². The summed E-state index contributed by atoms with van der Waals surface area (Å²) in [5.41, 5.74) is 5.75. The normalized spacial score (nSPS) is 13.5. The molecule has 3 aromatic heterocycles. The Morgan fingerprint density at radius 3 is 2.70 bits per heavy atom. The van der Waals surface area contributed by atoms with Crippen LogP contribution in [-0.4, -0.2) is 35.4 Å². The van der Waals surface area contributed by atoms with Gasteiger partial charge in [0.25, 0.3) is 0 Å². The number of carbonyl (C=O) groups is 1. The van der Waals surface area contributed by atoms with E-state index in [9.17, 15) is 18.8 Å². The summed E-state index contributed by atoms with van der Waals surface area (Å²) < 4.78 is 28.3. The van der Waals surface area contributed by atoms with Crippen molar-refractivity contribution in [1.29, 1.82) is 0 Å². The summed E-state index contributed by atoms with van der Waals surface area (Å²) in [6.45, 7) is 3.98. The Morgan fingerprint density at radius 2 is 2.05 bits per heavy atom. The summed E-state index contributed by atoms with van der Waals surface area (Å²) >= 11 is 0.805. The van der Waals surface area contributed by atoms with Crippen LogP contribution in [-0.2, 0) is 24.2 Å². The minimum atomic E-state index is -1.94. The molecule has 0 bridgehead atoms. The molecule has 0 spiro atoms. The number of benzene rings is 2. The van der Waals surface area contributed by atoms with E-state index in [-0.39, 0.29) is 10.6 Å². The maximum absolute atomic E-state index is 14.8. The average molecular weight is 632 g/mol. The first kappa shape index (κ1) is 29.2. The standard InChI is InChI=1S/C31H26FN5O3S3/c1-17-3-7-22(14-21(17)8-10-28-34-15-18(2)42-28)29-23(11-20-6-9-27(43(33)40)24(32)12-20)26(13-19-4-5-19)37(36-29)31-35-25(16-41-31)30(38)39/h3,6-7,9,12,14-16,19H,4-5,11,13,33H2,1-2H3,(H,38,39). The van der Waals surface area contributed by atoms with Crippen LogP contribution in [0.4, 0.5) is 4.39 Å². The van der Waals surface area contributed by atoms with Crippen LogP contribution in [0.5, 0.6) is 0 Å². The molecule has 12 heteroatoms. The zero-order chi connectivity index (χ0) is 30.2. The fourth-order valence-corrected chi connectivity index (χ4v) is 6.63. The van der Waals surface area contributed by atoms with Crippen molar-refractivity contribution in [3.63, 3.8) is 0 Å². The second-order valence-corrected chi connectivity index (χ2v) is 13.6. The van der Waals surface area contributed by atoms with E-state index in [0.717, 1.165) is 57.1 Å². The molecule has 3 heterocycles. The number of carboxylic acid groups (broad SMARTS) is 1. The number of thiazole rings is 2. The number of nitrogens with zero attached hydrogens (tertiary/aromatic N) is 4. The van der Waals surface area contributed by atoms with Gasteiger partial charge in [-0.25, -0.2) is 23.8 Å². The van der Waals surface area contributed by atoms with Crippen molar-refractivity contribution in [2.45, 2.75) is 44.4 Å². The van der Waals surface area contributed by atoms with Crippen LogP contribution in [0.15, 0.2) is 52.9 Å². The first-order valence-electron chi connectivity index (χ1n) is 13.5. The van der Waals surface area contributed by atoms with Gasteiger partial charge >= 0.3 is 5.97 Å². The van der Waals surface area contributed by atoms with Gasteiger partial charge in [-0.2, -0.15) is 5.10 Å². The zero-order valence-corrected chi connectivity index (χ0v) is 25.7. The summed E-state index contributed by atoms with van der Waals surface area (Å²) in [5.74, 6) is 5.15. The Labute approximate surface area is 258 Å². The highest BCUT2D eigenvalue weighted by molar-refractivity contribution is 7.89. The molecule has 43 heavy (non-hydrogen) atoms. The van der Waals surface area contributed by atoms with Crippen molar-refractivity contribution in [2.75, 3.05) is 0 Å². The molecule has 1 fully saturated rings. The van der Waals surface area contributed by atoms with Crippen molar-refractivity contribution in [1.82, 2.24) is 19.7 Å². The number of carboxylic acids is 1. The zero-order valence-electron chi connectivity index (χ0n) is 23.3. The molecule has 218 valence electrons. The number of halogens is 1. The van der Waals surface area contributed by atoms with Gasteiger partial charge in [0.2, 0.25) is 10.0 Å². The van der Waals surface area contributed by atoms with E-state index >= 15 is 0 Å². The summed E-state index contributed by atoms with van der Waals surface area (Å²) in [6.07, 6.45) is 5.04. The number of nitrogens with two attached hydrogens (primary N) is 1. The van der Waals surface area contributed by atoms with Crippen LogP contribution in [0, 0.1) is 37.4 Å². The van der Waals surface area contributed by atoms with E-state index in [1.807, 2.05) is 32.0 Å². The van der Waals surface area contributed by atoms with E-state index in [0.29, 0.717) is 28.7 Å². The lowest BCUT2D eigenvalue weighted by Gasteiger charge is -2.10. The molecular weight excluding hydrogens is 606 g/mol. The van der Waals surface area contributed by atoms with Gasteiger partial charge in [-0.15, -0.1) is 27.8 Å². The maximum atomic E-state index is 14.8. The van der Waals surface area contributed by atoms with Crippen LogP contribution in [0.3, 0.4) is 0 Å². The Balaban J connectivity index is 1.50. The lowest BCUT2D eigenvalue weighted by atomic mass is 9.95. The van der Waals surface area contributed by atoms with E-state index in [4.69, 9.17) is 10.2 Å². The van der Waals surface area contributed by atoms with E-state index in [1.165, 1.54) is 40.2 Å². The maximum Gasteiger partial charge on any atom is 0.355 e. The lowest BCUT2D eigenvalue weighted by Crippen LogP contribution is -2.14. The predicted octanol–water partition coefficient (Wildman–Crippen LogP) is 5.83. The smallest absolute Gasteiger partial charge is 0.355 e. The van der Waals surface area contributed by atoms with Crippen molar-refractivity contribution in [3.05, 3.63) is 97.3 Å². The van der Waals surface area contributed by atoms with Gasteiger partial charge in [0.15, 0.2) is 16.5 Å². The summed E-state index contributed by atoms with van der Waals surface area (Å²) in [6, 6.07) is 10.5. The Morgan fingerprint density at radius 1 is 1.23 bits per heavy atom.